The standard InChI is InChI=1S/C22H18Cl3N3O4S.K.H/c1-11(15-10-33-20(19(15)30)12-3-5-16(23)18(25)8-12)27-28-21(31)13-2-4-14(17(24)9-13)22(32)26-6-7-29;;/h2-5,8-10,29-30H,6-7H2,1H3,(H,26,32)(H,28,31);;/q;+1;-1/b27-11-;;. The minimum Gasteiger partial charge on any atom is -1.00 e. The largest absolute Gasteiger partial charge is 1.00 e. The second-order valence-corrected chi connectivity index (χ2v) is 8.87. The van der Waals surface area contributed by atoms with Crippen molar-refractivity contribution in [3.05, 3.63) is 73.5 Å². The van der Waals surface area contributed by atoms with Crippen LogP contribution in [-0.4, -0.2) is 40.9 Å². The van der Waals surface area contributed by atoms with Gasteiger partial charge in [-0.25, -0.2) is 5.43 Å². The van der Waals surface area contributed by atoms with E-state index in [1.54, 1.807) is 30.5 Å². The minimum absolute atomic E-state index is 0. The van der Waals surface area contributed by atoms with Crippen LogP contribution in [0, 0.1) is 0 Å². The molecule has 0 unspecified atom stereocenters. The fourth-order valence-electron chi connectivity index (χ4n) is 2.82. The molecule has 0 bridgehead atoms. The van der Waals surface area contributed by atoms with E-state index in [2.05, 4.69) is 15.8 Å². The monoisotopic (exact) mass is 565 g/mol. The summed E-state index contributed by atoms with van der Waals surface area (Å²) >= 11 is 19.4. The van der Waals surface area contributed by atoms with Crippen LogP contribution in [0.3, 0.4) is 0 Å². The van der Waals surface area contributed by atoms with Crippen molar-refractivity contribution < 1.29 is 72.6 Å². The summed E-state index contributed by atoms with van der Waals surface area (Å²) in [4.78, 5) is 25.0. The van der Waals surface area contributed by atoms with Gasteiger partial charge < -0.3 is 17.0 Å². The maximum Gasteiger partial charge on any atom is 1.00 e. The number of carbonyl (C=O) groups excluding carboxylic acids is 2. The molecule has 0 saturated heterocycles. The molecule has 3 rings (SSSR count). The summed E-state index contributed by atoms with van der Waals surface area (Å²) in [6, 6.07) is 9.24. The molecular weight excluding hydrogens is 548 g/mol. The van der Waals surface area contributed by atoms with E-state index in [1.165, 1.54) is 29.5 Å². The molecule has 34 heavy (non-hydrogen) atoms. The number of nitrogens with one attached hydrogen (secondary N) is 2. The van der Waals surface area contributed by atoms with Gasteiger partial charge in [-0.1, -0.05) is 40.9 Å². The molecule has 12 heteroatoms. The topological polar surface area (TPSA) is 111 Å². The number of amides is 2. The van der Waals surface area contributed by atoms with Crippen LogP contribution >= 0.6 is 46.1 Å². The second kappa shape index (κ2) is 13.4. The van der Waals surface area contributed by atoms with Gasteiger partial charge in [-0.15, -0.1) is 11.3 Å². The van der Waals surface area contributed by atoms with Crippen molar-refractivity contribution in [3.63, 3.8) is 0 Å². The number of aromatic hydroxyl groups is 1. The number of carbonyl (C=O) groups is 2. The molecule has 0 atom stereocenters. The quantitative estimate of drug-likeness (QED) is 0.199. The average Bonchev–Trinajstić information content (AvgIpc) is 3.18. The Morgan fingerprint density at radius 2 is 1.76 bits per heavy atom. The molecule has 0 spiro atoms. The summed E-state index contributed by atoms with van der Waals surface area (Å²) < 4.78 is 0. The zero-order valence-electron chi connectivity index (χ0n) is 19.2. The molecule has 4 N–H and O–H groups in total. The van der Waals surface area contributed by atoms with Gasteiger partial charge in [0.2, 0.25) is 0 Å². The molecule has 0 aliphatic rings. The maximum absolute atomic E-state index is 12.5. The third-order valence-corrected chi connectivity index (χ3v) is 6.60. The van der Waals surface area contributed by atoms with Gasteiger partial charge >= 0.3 is 51.4 Å². The van der Waals surface area contributed by atoms with Crippen molar-refractivity contribution in [2.24, 2.45) is 5.10 Å². The van der Waals surface area contributed by atoms with Crippen molar-refractivity contribution in [2.45, 2.75) is 6.92 Å². The first-order valence-electron chi connectivity index (χ1n) is 9.52. The van der Waals surface area contributed by atoms with Crippen LogP contribution < -0.4 is 62.1 Å². The van der Waals surface area contributed by atoms with E-state index in [1.807, 2.05) is 0 Å². The number of aliphatic hydroxyl groups is 1. The zero-order chi connectivity index (χ0) is 24.1. The number of rotatable bonds is 7. The van der Waals surface area contributed by atoms with E-state index in [0.29, 0.717) is 31.8 Å². The summed E-state index contributed by atoms with van der Waals surface area (Å²) in [6.45, 7) is 1.53. The van der Waals surface area contributed by atoms with Gasteiger partial charge in [0.05, 0.1) is 43.4 Å². The molecule has 0 fully saturated rings. The normalized spacial score (nSPS) is 11.0. The average molecular weight is 567 g/mol. The molecule has 0 aliphatic heterocycles. The van der Waals surface area contributed by atoms with Gasteiger partial charge in [-0.05, 0) is 42.8 Å². The molecule has 3 aromatic rings. The van der Waals surface area contributed by atoms with Gasteiger partial charge in [-0.2, -0.15) is 5.10 Å². The molecule has 0 radical (unpaired) electrons. The van der Waals surface area contributed by atoms with Crippen LogP contribution in [0.1, 0.15) is 34.6 Å². The van der Waals surface area contributed by atoms with Crippen molar-refractivity contribution >= 4 is 63.7 Å². The Balaban J connectivity index is 0.00000306. The van der Waals surface area contributed by atoms with Crippen LogP contribution in [0.4, 0.5) is 0 Å². The molecule has 2 amide bonds. The zero-order valence-corrected chi connectivity index (χ0v) is 24.4. The molecule has 2 aromatic carbocycles. The van der Waals surface area contributed by atoms with Crippen molar-refractivity contribution in [3.8, 4) is 16.2 Å². The Hall–Kier alpha value is -0.984. The number of hydrazone groups is 1. The predicted octanol–water partition coefficient (Wildman–Crippen LogP) is 2.07. The molecule has 7 nitrogen and oxygen atoms in total. The Kier molecular flexibility index (Phi) is 11.5. The Labute approximate surface area is 259 Å². The minimum atomic E-state index is -0.544. The summed E-state index contributed by atoms with van der Waals surface area (Å²) in [5.41, 5.74) is 4.33. The number of aliphatic hydroxyl groups excluding tert-OH is 1. The van der Waals surface area contributed by atoms with Gasteiger partial charge in [0.1, 0.15) is 5.75 Å². The first-order valence-corrected chi connectivity index (χ1v) is 11.5. The van der Waals surface area contributed by atoms with Crippen LogP contribution in [0.25, 0.3) is 10.4 Å². The van der Waals surface area contributed by atoms with Crippen molar-refractivity contribution in [1.82, 2.24) is 10.7 Å². The number of nitrogens with zero attached hydrogens (tertiary/aromatic N) is 1. The van der Waals surface area contributed by atoms with Crippen LogP contribution in [0.2, 0.25) is 15.1 Å². The van der Waals surface area contributed by atoms with E-state index in [9.17, 15) is 14.7 Å². The summed E-state index contributed by atoms with van der Waals surface area (Å²) in [5, 5.41) is 28.6. The summed E-state index contributed by atoms with van der Waals surface area (Å²) in [7, 11) is 0. The van der Waals surface area contributed by atoms with E-state index in [0.717, 1.165) is 0 Å². The van der Waals surface area contributed by atoms with Gasteiger partial charge in [0, 0.05) is 17.5 Å². The summed E-state index contributed by atoms with van der Waals surface area (Å²) in [6.07, 6.45) is 0. The van der Waals surface area contributed by atoms with Crippen LogP contribution in [0.5, 0.6) is 5.75 Å². The molecule has 1 aromatic heterocycles. The number of thiophene rings is 1. The van der Waals surface area contributed by atoms with Crippen LogP contribution in [0.15, 0.2) is 46.9 Å². The number of halogens is 3. The van der Waals surface area contributed by atoms with Gasteiger partial charge in [0.15, 0.2) is 0 Å². The Bertz CT molecular complexity index is 1260. The second-order valence-electron chi connectivity index (χ2n) is 6.77. The van der Waals surface area contributed by atoms with E-state index in [-0.39, 0.29) is 87.9 Å². The Morgan fingerprint density at radius 1 is 1.03 bits per heavy atom. The fourth-order valence-corrected chi connectivity index (χ4v) is 4.38. The van der Waals surface area contributed by atoms with Crippen LogP contribution in [-0.2, 0) is 0 Å². The van der Waals surface area contributed by atoms with Crippen molar-refractivity contribution in [1.29, 1.82) is 0 Å². The molecule has 0 saturated carbocycles. The number of hydrogen-bond acceptors (Lipinski definition) is 6. The molecule has 0 aliphatic carbocycles. The third-order valence-electron chi connectivity index (χ3n) is 4.53. The first-order chi connectivity index (χ1) is 15.7. The molecule has 174 valence electrons. The smallest absolute Gasteiger partial charge is 1.00 e. The predicted molar refractivity (Wildman–Crippen MR) is 133 cm³/mol. The Morgan fingerprint density at radius 3 is 2.41 bits per heavy atom. The van der Waals surface area contributed by atoms with Gasteiger partial charge in [-0.3, -0.25) is 9.59 Å². The SMILES string of the molecule is C/C(=N/NC(=O)c1ccc(C(=O)NCCO)c(Cl)c1)c1csc(-c2ccc(Cl)c(Cl)c2)c1O.[H-].[K+]. The number of benzene rings is 2. The molecular formula is C22H19Cl3KN3O4S. The van der Waals surface area contributed by atoms with Gasteiger partial charge in [0.25, 0.3) is 11.8 Å². The number of hydrogen-bond donors (Lipinski definition) is 4. The first kappa shape index (κ1) is 29.2. The fraction of sp³-hybridized carbons (Fsp3) is 0.136. The van der Waals surface area contributed by atoms with E-state index in [4.69, 9.17) is 39.9 Å². The third kappa shape index (κ3) is 7.04. The van der Waals surface area contributed by atoms with E-state index >= 15 is 0 Å². The molecule has 1 heterocycles. The maximum atomic E-state index is 12.5. The van der Waals surface area contributed by atoms with E-state index < -0.39 is 11.8 Å². The van der Waals surface area contributed by atoms with Crippen molar-refractivity contribution in [2.75, 3.05) is 13.2 Å². The summed E-state index contributed by atoms with van der Waals surface area (Å²) in [5.74, 6) is -0.992.